The van der Waals surface area contributed by atoms with Crippen LogP contribution in [-0.4, -0.2) is 32.6 Å². The molecule has 0 fully saturated rings. The second-order valence-electron chi connectivity index (χ2n) is 7.34. The van der Waals surface area contributed by atoms with Crippen molar-refractivity contribution >= 4 is 82.1 Å². The Kier molecular flexibility index (Phi) is 8.52. The van der Waals surface area contributed by atoms with Crippen LogP contribution in [0.4, 0.5) is 23.3 Å². The maximum absolute atomic E-state index is 10.1. The fourth-order valence-corrected chi connectivity index (χ4v) is 4.00. The van der Waals surface area contributed by atoms with Crippen LogP contribution in [0.2, 0.25) is 20.1 Å². The van der Waals surface area contributed by atoms with E-state index in [9.17, 15) is 10.2 Å². The number of para-hydroxylation sites is 1. The molecular weight excluding hydrogens is 560 g/mol. The second kappa shape index (κ2) is 12.0. The number of nitrogens with one attached hydrogen (secondary N) is 3. The summed E-state index contributed by atoms with van der Waals surface area (Å²) in [5, 5.41) is 32.4. The van der Waals surface area contributed by atoms with Gasteiger partial charge in [0.05, 0.1) is 22.5 Å². The van der Waals surface area contributed by atoms with Crippen molar-refractivity contribution < 1.29 is 10.2 Å². The Balaban J connectivity index is 1.58. The molecule has 0 saturated carbocycles. The van der Waals surface area contributed by atoms with Crippen molar-refractivity contribution in [1.82, 2.24) is 9.97 Å². The van der Waals surface area contributed by atoms with Gasteiger partial charge < -0.3 is 15.5 Å². The van der Waals surface area contributed by atoms with E-state index < -0.39 is 0 Å². The Labute approximate surface area is 231 Å². The second-order valence-corrected chi connectivity index (χ2v) is 9.03. The van der Waals surface area contributed by atoms with Gasteiger partial charge in [0.25, 0.3) is 0 Å². The van der Waals surface area contributed by atoms with Crippen molar-refractivity contribution in [2.24, 2.45) is 10.2 Å². The lowest BCUT2D eigenvalue weighted by Crippen LogP contribution is -2.04. The Hall–Kier alpha value is -3.76. The van der Waals surface area contributed by atoms with Gasteiger partial charge in [-0.3, -0.25) is 5.43 Å². The molecule has 0 aliphatic carbocycles. The predicted octanol–water partition coefficient (Wildman–Crippen LogP) is 7.14. The van der Waals surface area contributed by atoms with E-state index in [1.165, 1.54) is 36.7 Å². The summed E-state index contributed by atoms with van der Waals surface area (Å²) in [6, 6.07) is 16.9. The number of anilines is 4. The number of rotatable bonds is 8. The highest BCUT2D eigenvalue weighted by Gasteiger charge is 2.09. The van der Waals surface area contributed by atoms with Gasteiger partial charge in [-0.05, 0) is 36.4 Å². The van der Waals surface area contributed by atoms with E-state index in [2.05, 4.69) is 36.3 Å². The first kappa shape index (κ1) is 26.3. The van der Waals surface area contributed by atoms with Gasteiger partial charge in [-0.2, -0.15) is 20.2 Å². The third-order valence-electron chi connectivity index (χ3n) is 4.64. The Bertz CT molecular complexity index is 1400. The molecule has 13 heteroatoms. The number of phenols is 2. The van der Waals surface area contributed by atoms with Crippen LogP contribution in [0, 0.1) is 0 Å². The summed E-state index contributed by atoms with van der Waals surface area (Å²) in [6.45, 7) is 0. The highest BCUT2D eigenvalue weighted by atomic mass is 35.5. The Morgan fingerprint density at radius 3 is 1.81 bits per heavy atom. The molecule has 0 unspecified atom stereocenters. The molecule has 0 bridgehead atoms. The van der Waals surface area contributed by atoms with Crippen molar-refractivity contribution in [1.29, 1.82) is 0 Å². The van der Waals surface area contributed by atoms with E-state index in [1.807, 2.05) is 30.3 Å². The van der Waals surface area contributed by atoms with Gasteiger partial charge in [0, 0.05) is 32.9 Å². The zero-order chi connectivity index (χ0) is 26.4. The molecule has 9 nitrogen and oxygen atoms in total. The molecule has 0 radical (unpaired) electrons. The summed E-state index contributed by atoms with van der Waals surface area (Å²) in [4.78, 5) is 8.71. The minimum absolute atomic E-state index is 0.0932. The average Bonchev–Trinajstić information content (AvgIpc) is 2.85. The van der Waals surface area contributed by atoms with Crippen LogP contribution >= 0.6 is 46.4 Å². The summed E-state index contributed by atoms with van der Waals surface area (Å²) < 4.78 is 0. The predicted molar refractivity (Wildman–Crippen MR) is 150 cm³/mol. The topological polar surface area (TPSA) is 127 Å². The normalized spacial score (nSPS) is 11.2. The molecule has 3 aromatic carbocycles. The van der Waals surface area contributed by atoms with E-state index in [4.69, 9.17) is 46.4 Å². The minimum Gasteiger partial charge on any atom is -0.506 e. The van der Waals surface area contributed by atoms with Crippen molar-refractivity contribution in [3.63, 3.8) is 0 Å². The summed E-state index contributed by atoms with van der Waals surface area (Å²) in [5.74, 6) is 0.503. The minimum atomic E-state index is -0.168. The molecule has 1 heterocycles. The maximum Gasteiger partial charge on any atom is 0.247 e. The Morgan fingerprint density at radius 1 is 0.676 bits per heavy atom. The van der Waals surface area contributed by atoms with Gasteiger partial charge in [0.1, 0.15) is 17.3 Å². The molecule has 0 amide bonds. The van der Waals surface area contributed by atoms with Crippen LogP contribution in [0.5, 0.6) is 11.5 Å². The Morgan fingerprint density at radius 2 is 1.22 bits per heavy atom. The quantitative estimate of drug-likeness (QED) is 0.111. The first-order valence-corrected chi connectivity index (χ1v) is 11.9. The molecule has 0 spiro atoms. The van der Waals surface area contributed by atoms with Gasteiger partial charge in [0.15, 0.2) is 5.82 Å². The van der Waals surface area contributed by atoms with E-state index in [1.54, 1.807) is 6.07 Å². The molecule has 5 N–H and O–H groups in total. The smallest absolute Gasteiger partial charge is 0.247 e. The number of benzene rings is 3. The molecule has 1 aromatic heterocycles. The number of phenolic OH excluding ortho intramolecular Hbond substituents is 2. The summed E-state index contributed by atoms with van der Waals surface area (Å²) in [5.41, 5.74) is 6.87. The van der Waals surface area contributed by atoms with Crippen molar-refractivity contribution in [3.8, 4) is 11.5 Å². The summed E-state index contributed by atoms with van der Waals surface area (Å²) >= 11 is 23.9. The van der Waals surface area contributed by atoms with Gasteiger partial charge in [-0.1, -0.05) is 64.6 Å². The molecular formula is C24H17Cl4N7O2. The third-order valence-corrected chi connectivity index (χ3v) is 5.65. The van der Waals surface area contributed by atoms with Gasteiger partial charge in [-0.25, -0.2) is 5.43 Å². The van der Waals surface area contributed by atoms with Crippen LogP contribution in [0.1, 0.15) is 11.1 Å². The lowest BCUT2D eigenvalue weighted by atomic mass is 10.2. The molecule has 0 aliphatic rings. The number of halogens is 4. The van der Waals surface area contributed by atoms with Crippen molar-refractivity contribution in [2.45, 2.75) is 0 Å². The number of aromatic nitrogens is 2. The molecule has 0 aliphatic heterocycles. The van der Waals surface area contributed by atoms with Gasteiger partial charge in [0.2, 0.25) is 5.95 Å². The molecule has 188 valence electrons. The molecule has 4 rings (SSSR count). The fraction of sp³-hybridized carbons (Fsp3) is 0. The van der Waals surface area contributed by atoms with E-state index >= 15 is 0 Å². The van der Waals surface area contributed by atoms with Crippen LogP contribution in [0.25, 0.3) is 0 Å². The molecule has 0 saturated heterocycles. The highest BCUT2D eigenvalue weighted by molar-refractivity contribution is 6.36. The number of nitrogens with zero attached hydrogens (tertiary/aromatic N) is 4. The van der Waals surface area contributed by atoms with E-state index in [0.29, 0.717) is 32.8 Å². The number of hydrazone groups is 2. The monoisotopic (exact) mass is 575 g/mol. The summed E-state index contributed by atoms with van der Waals surface area (Å²) in [7, 11) is 0. The van der Waals surface area contributed by atoms with Crippen LogP contribution in [-0.2, 0) is 0 Å². The first-order valence-electron chi connectivity index (χ1n) is 10.4. The summed E-state index contributed by atoms with van der Waals surface area (Å²) in [6.07, 6.45) is 2.67. The molecule has 37 heavy (non-hydrogen) atoms. The number of hydrogen-bond donors (Lipinski definition) is 5. The SMILES string of the molecule is Oc1c(Cl)cc(Cl)cc1C=NNc1cc(Nc2ccccc2)nc(NN=Cc2cc(Cl)cc(Cl)c2O)n1. The zero-order valence-corrected chi connectivity index (χ0v) is 21.6. The molecule has 4 aromatic rings. The first-order chi connectivity index (χ1) is 17.8. The lowest BCUT2D eigenvalue weighted by molar-refractivity contribution is 0.474. The van der Waals surface area contributed by atoms with Gasteiger partial charge in [-0.15, -0.1) is 0 Å². The lowest BCUT2D eigenvalue weighted by Gasteiger charge is -2.09. The van der Waals surface area contributed by atoms with Crippen LogP contribution in [0.15, 0.2) is 70.9 Å². The van der Waals surface area contributed by atoms with Crippen molar-refractivity contribution in [2.75, 3.05) is 16.2 Å². The van der Waals surface area contributed by atoms with E-state index in [0.717, 1.165) is 5.69 Å². The highest BCUT2D eigenvalue weighted by Crippen LogP contribution is 2.31. The van der Waals surface area contributed by atoms with Gasteiger partial charge >= 0.3 is 0 Å². The standard InChI is InChI=1S/C24H17Cl4N7O2/c25-15-6-13(22(36)18(27)8-15)11-29-34-21-10-20(31-17-4-2-1-3-5-17)32-24(33-21)35-30-12-14-7-16(26)9-19(28)23(14)37/h1-12,36-37H,(H3,31,32,33,34,35). The number of hydrogen-bond acceptors (Lipinski definition) is 9. The fourth-order valence-electron chi connectivity index (χ4n) is 2.98. The largest absolute Gasteiger partial charge is 0.506 e. The van der Waals surface area contributed by atoms with Crippen molar-refractivity contribution in [3.05, 3.63) is 91.9 Å². The zero-order valence-electron chi connectivity index (χ0n) is 18.6. The third kappa shape index (κ3) is 7.14. The average molecular weight is 577 g/mol. The molecule has 0 atom stereocenters. The van der Waals surface area contributed by atoms with Crippen LogP contribution in [0.3, 0.4) is 0 Å². The van der Waals surface area contributed by atoms with Crippen LogP contribution < -0.4 is 16.2 Å². The maximum atomic E-state index is 10.1. The number of aromatic hydroxyl groups is 2. The van der Waals surface area contributed by atoms with E-state index in [-0.39, 0.29) is 27.5 Å².